The highest BCUT2D eigenvalue weighted by atomic mass is 35.5. The molecule has 3 nitrogen and oxygen atoms in total. The monoisotopic (exact) mass is 346 g/mol. The number of carboxylic acid groups (broad SMARTS) is 1. The van der Waals surface area contributed by atoms with E-state index in [9.17, 15) is 9.59 Å². The summed E-state index contributed by atoms with van der Waals surface area (Å²) in [6.45, 7) is 0. The third-order valence-electron chi connectivity index (χ3n) is 2.43. The molecule has 0 fully saturated rings. The maximum atomic E-state index is 12.0. The number of carboxylic acids is 1. The van der Waals surface area contributed by atoms with Crippen LogP contribution < -0.4 is 0 Å². The van der Waals surface area contributed by atoms with Gasteiger partial charge in [-0.3, -0.25) is 4.79 Å². The van der Waals surface area contributed by atoms with E-state index in [1.165, 1.54) is 23.9 Å². The minimum Gasteiger partial charge on any atom is -0.478 e. The van der Waals surface area contributed by atoms with Crippen molar-refractivity contribution in [3.05, 3.63) is 50.1 Å². The fourth-order valence-corrected chi connectivity index (χ4v) is 3.95. The number of thiophene rings is 1. The second-order valence-corrected chi connectivity index (χ2v) is 7.05. The summed E-state index contributed by atoms with van der Waals surface area (Å²) in [6.07, 6.45) is 0. The Hall–Kier alpha value is -1.01. The molecule has 0 saturated carbocycles. The number of hydrogen-bond donors (Lipinski definition) is 1. The zero-order chi connectivity index (χ0) is 14.7. The Morgan fingerprint density at radius 1 is 1.20 bits per heavy atom. The lowest BCUT2D eigenvalue weighted by atomic mass is 10.2. The first-order valence-electron chi connectivity index (χ1n) is 5.42. The van der Waals surface area contributed by atoms with Gasteiger partial charge in [-0.15, -0.1) is 23.1 Å². The minimum atomic E-state index is -1.02. The van der Waals surface area contributed by atoms with Crippen LogP contribution in [-0.4, -0.2) is 22.6 Å². The van der Waals surface area contributed by atoms with E-state index in [-0.39, 0.29) is 17.1 Å². The lowest BCUT2D eigenvalue weighted by Gasteiger charge is -2.04. The molecule has 1 aromatic heterocycles. The zero-order valence-electron chi connectivity index (χ0n) is 9.93. The first-order valence-corrected chi connectivity index (χ1v) is 7.98. The molecule has 1 N–H and O–H groups in total. The average molecular weight is 347 g/mol. The van der Waals surface area contributed by atoms with Crippen molar-refractivity contribution in [2.45, 2.75) is 4.90 Å². The zero-order valence-corrected chi connectivity index (χ0v) is 13.1. The molecule has 2 rings (SSSR count). The number of rotatable bonds is 5. The highest BCUT2D eigenvalue weighted by Gasteiger charge is 2.16. The molecule has 1 aromatic carbocycles. The van der Waals surface area contributed by atoms with E-state index >= 15 is 0 Å². The summed E-state index contributed by atoms with van der Waals surface area (Å²) in [5.41, 5.74) is 0.557. The van der Waals surface area contributed by atoms with Crippen molar-refractivity contribution in [2.24, 2.45) is 0 Å². The Morgan fingerprint density at radius 3 is 2.50 bits per heavy atom. The molecule has 7 heteroatoms. The van der Waals surface area contributed by atoms with E-state index in [0.717, 1.165) is 11.3 Å². The predicted molar refractivity (Wildman–Crippen MR) is 82.8 cm³/mol. The smallest absolute Gasteiger partial charge is 0.336 e. The standard InChI is InChI=1S/C13H8Cl2O3S2/c14-11-5-8(12(15)20-11)9(16)6-19-10-4-2-1-3-7(10)13(17)18/h1-5H,6H2,(H,17,18). The number of ketones is 1. The third kappa shape index (κ3) is 3.55. The van der Waals surface area contributed by atoms with E-state index in [1.807, 2.05) is 0 Å². The molecule has 0 aliphatic carbocycles. The van der Waals surface area contributed by atoms with Gasteiger partial charge in [-0.2, -0.15) is 0 Å². The fraction of sp³-hybridized carbons (Fsp3) is 0.0769. The normalized spacial score (nSPS) is 10.5. The van der Waals surface area contributed by atoms with Crippen molar-refractivity contribution >= 4 is 58.1 Å². The SMILES string of the molecule is O=C(O)c1ccccc1SCC(=O)c1cc(Cl)sc1Cl. The third-order valence-corrected chi connectivity index (χ3v) is 4.99. The summed E-state index contributed by atoms with van der Waals surface area (Å²) in [4.78, 5) is 23.6. The lowest BCUT2D eigenvalue weighted by molar-refractivity contribution is 0.0692. The Morgan fingerprint density at radius 2 is 1.90 bits per heavy atom. The number of Topliss-reactive ketones (excluding diaryl/α,β-unsaturated/α-hetero) is 1. The van der Waals surface area contributed by atoms with E-state index in [1.54, 1.807) is 18.2 Å². The van der Waals surface area contributed by atoms with Crippen molar-refractivity contribution in [3.8, 4) is 0 Å². The molecule has 0 unspecified atom stereocenters. The second kappa shape index (κ2) is 6.63. The van der Waals surface area contributed by atoms with Gasteiger partial charge in [-0.05, 0) is 18.2 Å². The molecular weight excluding hydrogens is 339 g/mol. The Bertz CT molecular complexity index is 667. The van der Waals surface area contributed by atoms with Gasteiger partial charge in [0.1, 0.15) is 4.34 Å². The van der Waals surface area contributed by atoms with Crippen LogP contribution in [0.3, 0.4) is 0 Å². The minimum absolute atomic E-state index is 0.108. The van der Waals surface area contributed by atoms with Crippen molar-refractivity contribution < 1.29 is 14.7 Å². The highest BCUT2D eigenvalue weighted by Crippen LogP contribution is 2.33. The van der Waals surface area contributed by atoms with Gasteiger partial charge in [0.2, 0.25) is 0 Å². The Kier molecular flexibility index (Phi) is 5.10. The summed E-state index contributed by atoms with van der Waals surface area (Å²) < 4.78 is 0.807. The van der Waals surface area contributed by atoms with Crippen LogP contribution in [0.15, 0.2) is 35.2 Å². The highest BCUT2D eigenvalue weighted by molar-refractivity contribution is 8.00. The quantitative estimate of drug-likeness (QED) is 0.628. The van der Waals surface area contributed by atoms with Crippen LogP contribution in [0.4, 0.5) is 0 Å². The topological polar surface area (TPSA) is 54.4 Å². The molecule has 0 aliphatic heterocycles. The molecule has 0 amide bonds. The van der Waals surface area contributed by atoms with E-state index in [0.29, 0.717) is 19.1 Å². The van der Waals surface area contributed by atoms with Crippen LogP contribution in [0.25, 0.3) is 0 Å². The van der Waals surface area contributed by atoms with Gasteiger partial charge in [0.25, 0.3) is 0 Å². The number of hydrogen-bond acceptors (Lipinski definition) is 4. The Balaban J connectivity index is 2.11. The number of aromatic carboxylic acids is 1. The number of benzene rings is 1. The molecule has 20 heavy (non-hydrogen) atoms. The van der Waals surface area contributed by atoms with Gasteiger partial charge in [-0.25, -0.2) is 4.79 Å². The van der Waals surface area contributed by atoms with Crippen LogP contribution in [0.1, 0.15) is 20.7 Å². The van der Waals surface area contributed by atoms with Crippen molar-refractivity contribution in [1.29, 1.82) is 0 Å². The summed E-state index contributed by atoms with van der Waals surface area (Å²) in [7, 11) is 0. The van der Waals surface area contributed by atoms with E-state index in [2.05, 4.69) is 0 Å². The fourth-order valence-electron chi connectivity index (χ4n) is 1.52. The number of carbonyl (C=O) groups excluding carboxylic acids is 1. The van der Waals surface area contributed by atoms with Crippen molar-refractivity contribution in [1.82, 2.24) is 0 Å². The molecule has 0 saturated heterocycles. The number of carbonyl (C=O) groups is 2. The molecule has 1 heterocycles. The van der Waals surface area contributed by atoms with Gasteiger partial charge in [0.15, 0.2) is 5.78 Å². The molecule has 0 bridgehead atoms. The molecular formula is C13H8Cl2O3S2. The van der Waals surface area contributed by atoms with E-state index < -0.39 is 5.97 Å². The number of halogens is 2. The van der Waals surface area contributed by atoms with E-state index in [4.69, 9.17) is 28.3 Å². The lowest BCUT2D eigenvalue weighted by Crippen LogP contribution is -2.03. The molecule has 2 aromatic rings. The molecule has 0 radical (unpaired) electrons. The van der Waals surface area contributed by atoms with Gasteiger partial charge in [-0.1, -0.05) is 35.3 Å². The van der Waals surface area contributed by atoms with Gasteiger partial charge in [0, 0.05) is 10.5 Å². The van der Waals surface area contributed by atoms with Crippen LogP contribution in [0, 0.1) is 0 Å². The molecule has 0 atom stereocenters. The first-order chi connectivity index (χ1) is 9.49. The van der Waals surface area contributed by atoms with Gasteiger partial charge >= 0.3 is 5.97 Å². The molecule has 104 valence electrons. The van der Waals surface area contributed by atoms with Crippen LogP contribution in [0.2, 0.25) is 8.67 Å². The first kappa shape index (κ1) is 15.4. The Labute approximate surface area is 133 Å². The molecule has 0 aliphatic rings. The van der Waals surface area contributed by atoms with Crippen molar-refractivity contribution in [2.75, 3.05) is 5.75 Å². The summed E-state index contributed by atoms with van der Waals surface area (Å²) in [5.74, 6) is -1.09. The largest absolute Gasteiger partial charge is 0.478 e. The van der Waals surface area contributed by atoms with Crippen LogP contribution >= 0.6 is 46.3 Å². The molecule has 0 spiro atoms. The maximum Gasteiger partial charge on any atom is 0.336 e. The van der Waals surface area contributed by atoms with Gasteiger partial charge in [0.05, 0.1) is 15.7 Å². The van der Waals surface area contributed by atoms with Crippen LogP contribution in [-0.2, 0) is 0 Å². The summed E-state index contributed by atoms with van der Waals surface area (Å²) >= 11 is 14.0. The summed E-state index contributed by atoms with van der Waals surface area (Å²) in [5, 5.41) is 9.06. The second-order valence-electron chi connectivity index (χ2n) is 3.75. The maximum absolute atomic E-state index is 12.0. The average Bonchev–Trinajstić information content (AvgIpc) is 2.75. The predicted octanol–water partition coefficient (Wildman–Crippen LogP) is 4.73. The number of thioether (sulfide) groups is 1. The van der Waals surface area contributed by atoms with Gasteiger partial charge < -0.3 is 5.11 Å². The van der Waals surface area contributed by atoms with Crippen molar-refractivity contribution in [3.63, 3.8) is 0 Å². The summed E-state index contributed by atoms with van der Waals surface area (Å²) in [6, 6.07) is 8.08. The van der Waals surface area contributed by atoms with Crippen LogP contribution in [0.5, 0.6) is 0 Å².